The Kier molecular flexibility index (Phi) is 8.11. The van der Waals surface area contributed by atoms with Gasteiger partial charge in [-0.05, 0) is 32.4 Å². The van der Waals surface area contributed by atoms with Crippen molar-refractivity contribution < 1.29 is 33.8 Å². The van der Waals surface area contributed by atoms with Gasteiger partial charge in [0.1, 0.15) is 6.04 Å². The highest BCUT2D eigenvalue weighted by molar-refractivity contribution is 6.05. The number of ether oxygens (including phenoxy) is 2. The van der Waals surface area contributed by atoms with Crippen molar-refractivity contribution in [2.45, 2.75) is 32.7 Å². The number of rotatable bonds is 9. The molecule has 0 saturated heterocycles. The standard InChI is InChI=1S/C17H21NO7/c1-3-24-14(19)10-9-13(17(23)25-4-2)18-15(20)11-7-5-6-8-12(11)16(21)22/h5-8,13H,3-4,9-10H2,1-2H3,(H,18,20)(H,21,22)/t13-/m0/s1. The Morgan fingerprint density at radius 2 is 1.64 bits per heavy atom. The van der Waals surface area contributed by atoms with E-state index < -0.39 is 29.9 Å². The van der Waals surface area contributed by atoms with E-state index in [9.17, 15) is 19.2 Å². The summed E-state index contributed by atoms with van der Waals surface area (Å²) in [7, 11) is 0. The number of nitrogens with one attached hydrogen (secondary N) is 1. The maximum absolute atomic E-state index is 12.4. The normalized spacial score (nSPS) is 11.3. The maximum atomic E-state index is 12.4. The highest BCUT2D eigenvalue weighted by Crippen LogP contribution is 2.10. The van der Waals surface area contributed by atoms with Crippen molar-refractivity contribution in [3.63, 3.8) is 0 Å². The van der Waals surface area contributed by atoms with Crippen LogP contribution in [0.1, 0.15) is 47.4 Å². The smallest absolute Gasteiger partial charge is 0.336 e. The Balaban J connectivity index is 2.89. The molecule has 1 amide bonds. The number of amides is 1. The Morgan fingerprint density at radius 3 is 2.20 bits per heavy atom. The van der Waals surface area contributed by atoms with Crippen molar-refractivity contribution in [3.8, 4) is 0 Å². The average Bonchev–Trinajstić information content (AvgIpc) is 2.58. The number of carboxylic acids is 1. The molecule has 8 heteroatoms. The number of carbonyl (C=O) groups is 4. The van der Waals surface area contributed by atoms with Crippen LogP contribution < -0.4 is 5.32 Å². The predicted molar refractivity (Wildman–Crippen MR) is 87.2 cm³/mol. The third-order valence-electron chi connectivity index (χ3n) is 3.22. The van der Waals surface area contributed by atoms with E-state index in [4.69, 9.17) is 14.6 Å². The molecule has 8 nitrogen and oxygen atoms in total. The fourth-order valence-corrected chi connectivity index (χ4v) is 2.09. The molecule has 0 fully saturated rings. The van der Waals surface area contributed by atoms with Gasteiger partial charge in [-0.2, -0.15) is 0 Å². The number of hydrogen-bond donors (Lipinski definition) is 2. The minimum Gasteiger partial charge on any atom is -0.478 e. The van der Waals surface area contributed by atoms with Crippen molar-refractivity contribution in [3.05, 3.63) is 35.4 Å². The predicted octanol–water partition coefficient (Wildman–Crippen LogP) is 1.39. The van der Waals surface area contributed by atoms with Crippen LogP contribution >= 0.6 is 0 Å². The van der Waals surface area contributed by atoms with Crippen LogP contribution in [0.5, 0.6) is 0 Å². The molecule has 0 aromatic heterocycles. The number of benzene rings is 1. The van der Waals surface area contributed by atoms with E-state index in [1.807, 2.05) is 0 Å². The molecule has 2 N–H and O–H groups in total. The molecule has 0 saturated carbocycles. The molecule has 1 rings (SSSR count). The molecule has 0 unspecified atom stereocenters. The van der Waals surface area contributed by atoms with Crippen molar-refractivity contribution in [1.82, 2.24) is 5.32 Å². The first-order valence-corrected chi connectivity index (χ1v) is 7.86. The van der Waals surface area contributed by atoms with Crippen LogP contribution in [0.3, 0.4) is 0 Å². The second-order valence-corrected chi connectivity index (χ2v) is 4.97. The third-order valence-corrected chi connectivity index (χ3v) is 3.22. The fourth-order valence-electron chi connectivity index (χ4n) is 2.09. The first kappa shape index (κ1) is 20.1. The van der Waals surface area contributed by atoms with Gasteiger partial charge in [-0.15, -0.1) is 0 Å². The molecule has 0 aliphatic carbocycles. The quantitative estimate of drug-likeness (QED) is 0.645. The van der Waals surface area contributed by atoms with E-state index in [-0.39, 0.29) is 37.2 Å². The second-order valence-electron chi connectivity index (χ2n) is 4.97. The van der Waals surface area contributed by atoms with E-state index in [1.165, 1.54) is 24.3 Å². The lowest BCUT2D eigenvalue weighted by atomic mass is 10.1. The van der Waals surface area contributed by atoms with Gasteiger partial charge in [0, 0.05) is 6.42 Å². The molecule has 0 aliphatic rings. The second kappa shape index (κ2) is 10.1. The number of esters is 2. The summed E-state index contributed by atoms with van der Waals surface area (Å²) in [6.45, 7) is 3.59. The van der Waals surface area contributed by atoms with E-state index in [0.29, 0.717) is 0 Å². The average molecular weight is 351 g/mol. The number of carbonyl (C=O) groups excluding carboxylic acids is 3. The van der Waals surface area contributed by atoms with Gasteiger partial charge in [0.2, 0.25) is 0 Å². The van der Waals surface area contributed by atoms with Crippen LogP contribution in [0.4, 0.5) is 0 Å². The summed E-state index contributed by atoms with van der Waals surface area (Å²) in [5, 5.41) is 11.6. The van der Waals surface area contributed by atoms with Crippen LogP contribution in [0.25, 0.3) is 0 Å². The Hall–Kier alpha value is -2.90. The highest BCUT2D eigenvalue weighted by Gasteiger charge is 2.25. The third kappa shape index (κ3) is 6.25. The number of aromatic carboxylic acids is 1. The van der Waals surface area contributed by atoms with E-state index in [0.717, 1.165) is 0 Å². The lowest BCUT2D eigenvalue weighted by molar-refractivity contribution is -0.146. The molecule has 1 aromatic rings. The van der Waals surface area contributed by atoms with Gasteiger partial charge in [-0.3, -0.25) is 9.59 Å². The summed E-state index contributed by atoms with van der Waals surface area (Å²) >= 11 is 0. The zero-order chi connectivity index (χ0) is 18.8. The minimum atomic E-state index is -1.26. The molecule has 1 atom stereocenters. The fraction of sp³-hybridized carbons (Fsp3) is 0.412. The molecule has 136 valence electrons. The Morgan fingerprint density at radius 1 is 1.04 bits per heavy atom. The van der Waals surface area contributed by atoms with Gasteiger partial charge in [0.15, 0.2) is 0 Å². The summed E-state index contributed by atoms with van der Waals surface area (Å²) in [4.78, 5) is 47.0. The molecule has 25 heavy (non-hydrogen) atoms. The molecule has 0 spiro atoms. The van der Waals surface area contributed by atoms with Crippen LogP contribution in [-0.4, -0.2) is 48.2 Å². The molecule has 0 aliphatic heterocycles. The van der Waals surface area contributed by atoms with Gasteiger partial charge in [0.25, 0.3) is 5.91 Å². The van der Waals surface area contributed by atoms with Gasteiger partial charge < -0.3 is 19.9 Å². The van der Waals surface area contributed by atoms with E-state index in [1.54, 1.807) is 13.8 Å². The topological polar surface area (TPSA) is 119 Å². The molecular formula is C17H21NO7. The van der Waals surface area contributed by atoms with E-state index in [2.05, 4.69) is 5.32 Å². The lowest BCUT2D eigenvalue weighted by Gasteiger charge is -2.17. The van der Waals surface area contributed by atoms with Crippen LogP contribution in [0, 0.1) is 0 Å². The summed E-state index contributed by atoms with van der Waals surface area (Å²) in [5.41, 5.74) is -0.270. The molecule has 1 aromatic carbocycles. The molecule has 0 bridgehead atoms. The van der Waals surface area contributed by atoms with Crippen molar-refractivity contribution >= 4 is 23.8 Å². The molecular weight excluding hydrogens is 330 g/mol. The Labute approximate surface area is 145 Å². The van der Waals surface area contributed by atoms with Crippen molar-refractivity contribution in [1.29, 1.82) is 0 Å². The van der Waals surface area contributed by atoms with Crippen LogP contribution in [0.2, 0.25) is 0 Å². The molecule has 0 heterocycles. The first-order valence-electron chi connectivity index (χ1n) is 7.86. The van der Waals surface area contributed by atoms with Gasteiger partial charge in [-0.1, -0.05) is 12.1 Å². The lowest BCUT2D eigenvalue weighted by Crippen LogP contribution is -2.42. The molecule has 0 radical (unpaired) electrons. The van der Waals surface area contributed by atoms with Crippen molar-refractivity contribution in [2.75, 3.05) is 13.2 Å². The van der Waals surface area contributed by atoms with Gasteiger partial charge in [0.05, 0.1) is 24.3 Å². The Bertz CT molecular complexity index is 642. The van der Waals surface area contributed by atoms with Crippen molar-refractivity contribution in [2.24, 2.45) is 0 Å². The van der Waals surface area contributed by atoms with E-state index >= 15 is 0 Å². The SMILES string of the molecule is CCOC(=O)CC[C@H](NC(=O)c1ccccc1C(=O)O)C(=O)OCC. The van der Waals surface area contributed by atoms with Gasteiger partial charge in [-0.25, -0.2) is 9.59 Å². The number of carboxylic acid groups (broad SMARTS) is 1. The highest BCUT2D eigenvalue weighted by atomic mass is 16.5. The summed E-state index contributed by atoms with van der Waals surface area (Å²) < 4.78 is 9.68. The van der Waals surface area contributed by atoms with Crippen LogP contribution in [-0.2, 0) is 19.1 Å². The first-order chi connectivity index (χ1) is 11.9. The van der Waals surface area contributed by atoms with Crippen LogP contribution in [0.15, 0.2) is 24.3 Å². The largest absolute Gasteiger partial charge is 0.478 e. The summed E-state index contributed by atoms with van der Waals surface area (Å²) in [6, 6.07) is 4.55. The zero-order valence-electron chi connectivity index (χ0n) is 14.1. The summed E-state index contributed by atoms with van der Waals surface area (Å²) in [6.07, 6.45) is -0.100. The number of hydrogen-bond acceptors (Lipinski definition) is 6. The monoisotopic (exact) mass is 351 g/mol. The minimum absolute atomic E-state index is 0.0152. The van der Waals surface area contributed by atoms with Gasteiger partial charge >= 0.3 is 17.9 Å². The maximum Gasteiger partial charge on any atom is 0.336 e. The summed E-state index contributed by atoms with van der Waals surface area (Å²) in [5.74, 6) is -3.20. The zero-order valence-corrected chi connectivity index (χ0v) is 14.1.